The summed E-state index contributed by atoms with van der Waals surface area (Å²) in [4.78, 5) is 21.7. The van der Waals surface area contributed by atoms with Gasteiger partial charge in [0.1, 0.15) is 6.33 Å². The minimum absolute atomic E-state index is 0.00867. The molecule has 3 heterocycles. The van der Waals surface area contributed by atoms with Crippen LogP contribution in [-0.4, -0.2) is 37.6 Å². The Kier molecular flexibility index (Phi) is 4.75. The van der Waals surface area contributed by atoms with Crippen molar-refractivity contribution in [2.75, 3.05) is 13.2 Å². The molecule has 0 spiro atoms. The van der Waals surface area contributed by atoms with Crippen molar-refractivity contribution >= 4 is 11.0 Å². The van der Waals surface area contributed by atoms with Crippen LogP contribution >= 0.6 is 0 Å². The number of aliphatic hydroxyl groups excluding tert-OH is 1. The third-order valence-electron chi connectivity index (χ3n) is 4.88. The number of aromatic nitrogens is 4. The van der Waals surface area contributed by atoms with Crippen molar-refractivity contribution in [3.63, 3.8) is 0 Å². The molecule has 1 unspecified atom stereocenters. The van der Waals surface area contributed by atoms with Crippen molar-refractivity contribution in [3.8, 4) is 11.8 Å². The van der Waals surface area contributed by atoms with E-state index >= 15 is 0 Å². The molecule has 7 heteroatoms. The van der Waals surface area contributed by atoms with Gasteiger partial charge < -0.3 is 10.8 Å². The fraction of sp³-hybridized carbons (Fsp3) is 0.350. The van der Waals surface area contributed by atoms with Crippen LogP contribution in [0.15, 0.2) is 41.8 Å². The van der Waals surface area contributed by atoms with Crippen LogP contribution in [0.2, 0.25) is 0 Å². The van der Waals surface area contributed by atoms with Crippen molar-refractivity contribution in [1.29, 1.82) is 0 Å². The van der Waals surface area contributed by atoms with E-state index in [1.165, 1.54) is 0 Å². The summed E-state index contributed by atoms with van der Waals surface area (Å²) in [6.45, 7) is 0.377. The van der Waals surface area contributed by atoms with Gasteiger partial charge in [0.15, 0.2) is 5.65 Å². The van der Waals surface area contributed by atoms with E-state index in [2.05, 4.69) is 21.8 Å². The highest BCUT2D eigenvalue weighted by Crippen LogP contribution is 2.36. The molecule has 3 N–H and O–H groups in total. The first-order valence-corrected chi connectivity index (χ1v) is 9.08. The zero-order valence-corrected chi connectivity index (χ0v) is 14.9. The second-order valence-corrected chi connectivity index (χ2v) is 6.71. The average Bonchev–Trinajstić information content (AvgIpc) is 3.39. The van der Waals surface area contributed by atoms with E-state index in [1.807, 2.05) is 4.68 Å². The lowest BCUT2D eigenvalue weighted by atomic mass is 10.0. The Labute approximate surface area is 156 Å². The SMILES string of the molecule is NCCc1c(C#CC(CO)C2CC2)c(=O)c2cccnc2n1-n1ccnc1. The van der Waals surface area contributed by atoms with Crippen molar-refractivity contribution in [1.82, 2.24) is 19.3 Å². The molecule has 0 radical (unpaired) electrons. The molecular formula is C20H21N5O2. The van der Waals surface area contributed by atoms with E-state index in [4.69, 9.17) is 5.73 Å². The van der Waals surface area contributed by atoms with Gasteiger partial charge in [-0.3, -0.25) is 4.79 Å². The molecule has 1 atom stereocenters. The normalized spacial score (nSPS) is 14.7. The number of aliphatic hydroxyl groups is 1. The Bertz CT molecular complexity index is 1070. The summed E-state index contributed by atoms with van der Waals surface area (Å²) >= 11 is 0. The van der Waals surface area contributed by atoms with E-state index in [9.17, 15) is 9.90 Å². The Morgan fingerprint density at radius 1 is 1.37 bits per heavy atom. The second-order valence-electron chi connectivity index (χ2n) is 6.71. The highest BCUT2D eigenvalue weighted by atomic mass is 16.3. The number of imidazole rings is 1. The summed E-state index contributed by atoms with van der Waals surface area (Å²) < 4.78 is 3.61. The quantitative estimate of drug-likeness (QED) is 0.653. The van der Waals surface area contributed by atoms with Crippen molar-refractivity contribution < 1.29 is 5.11 Å². The summed E-state index contributed by atoms with van der Waals surface area (Å²) in [6.07, 6.45) is 9.39. The number of nitrogens with two attached hydrogens (primary N) is 1. The Morgan fingerprint density at radius 3 is 2.89 bits per heavy atom. The van der Waals surface area contributed by atoms with Crippen molar-refractivity contribution in [3.05, 3.63) is 58.5 Å². The molecule has 1 aliphatic carbocycles. The first-order chi connectivity index (χ1) is 13.2. The fourth-order valence-electron chi connectivity index (χ4n) is 3.33. The maximum Gasteiger partial charge on any atom is 0.207 e. The molecule has 4 rings (SSSR count). The first kappa shape index (κ1) is 17.5. The smallest absolute Gasteiger partial charge is 0.207 e. The lowest BCUT2D eigenvalue weighted by Gasteiger charge is -2.18. The highest BCUT2D eigenvalue weighted by molar-refractivity contribution is 5.77. The number of hydrogen-bond donors (Lipinski definition) is 2. The predicted molar refractivity (Wildman–Crippen MR) is 102 cm³/mol. The fourth-order valence-corrected chi connectivity index (χ4v) is 3.33. The van der Waals surface area contributed by atoms with E-state index in [0.717, 1.165) is 12.8 Å². The molecule has 1 saturated carbocycles. The zero-order chi connectivity index (χ0) is 18.8. The number of pyridine rings is 2. The van der Waals surface area contributed by atoms with Gasteiger partial charge in [0.25, 0.3) is 0 Å². The standard InChI is InChI=1S/C20H21N5O2/c21-8-7-18-16(6-5-15(12-26)14-3-4-14)19(27)17-2-1-9-23-20(17)25(18)24-11-10-22-13-24/h1-2,9-11,13-15,26H,3-4,7-8,12,21H2. The van der Waals surface area contributed by atoms with Gasteiger partial charge in [-0.1, -0.05) is 11.8 Å². The van der Waals surface area contributed by atoms with Gasteiger partial charge in [0.05, 0.1) is 23.3 Å². The molecule has 0 aromatic carbocycles. The molecule has 0 saturated heterocycles. The van der Waals surface area contributed by atoms with E-state index < -0.39 is 0 Å². The summed E-state index contributed by atoms with van der Waals surface area (Å²) in [7, 11) is 0. The molecule has 3 aromatic heterocycles. The van der Waals surface area contributed by atoms with Crippen LogP contribution in [0.5, 0.6) is 0 Å². The van der Waals surface area contributed by atoms with Gasteiger partial charge in [0.2, 0.25) is 5.43 Å². The van der Waals surface area contributed by atoms with E-state index in [0.29, 0.717) is 41.2 Å². The van der Waals surface area contributed by atoms with Crippen LogP contribution < -0.4 is 11.2 Å². The van der Waals surface area contributed by atoms with Gasteiger partial charge in [-0.15, -0.1) is 0 Å². The number of nitrogens with zero attached hydrogens (tertiary/aromatic N) is 4. The average molecular weight is 363 g/mol. The van der Waals surface area contributed by atoms with Gasteiger partial charge in [-0.2, -0.15) is 0 Å². The Morgan fingerprint density at radius 2 is 2.22 bits per heavy atom. The maximum absolute atomic E-state index is 13.1. The largest absolute Gasteiger partial charge is 0.395 e. The van der Waals surface area contributed by atoms with Crippen LogP contribution in [0.1, 0.15) is 24.1 Å². The van der Waals surface area contributed by atoms with Crippen LogP contribution in [0, 0.1) is 23.7 Å². The van der Waals surface area contributed by atoms with Crippen LogP contribution in [0.4, 0.5) is 0 Å². The molecular weight excluding hydrogens is 342 g/mol. The predicted octanol–water partition coefficient (Wildman–Crippen LogP) is 0.776. The van der Waals surface area contributed by atoms with Gasteiger partial charge in [-0.05, 0) is 37.4 Å². The topological polar surface area (TPSA) is 99.0 Å². The minimum atomic E-state index is -0.155. The molecule has 7 nitrogen and oxygen atoms in total. The van der Waals surface area contributed by atoms with Crippen LogP contribution in [0.25, 0.3) is 11.0 Å². The molecule has 0 amide bonds. The Balaban J connectivity index is 2.00. The van der Waals surface area contributed by atoms with E-state index in [1.54, 1.807) is 41.7 Å². The summed E-state index contributed by atoms with van der Waals surface area (Å²) in [5.41, 5.74) is 7.33. The van der Waals surface area contributed by atoms with Crippen LogP contribution in [-0.2, 0) is 6.42 Å². The number of fused-ring (bicyclic) bond motifs is 1. The third kappa shape index (κ3) is 3.25. The minimum Gasteiger partial charge on any atom is -0.395 e. The number of rotatable bonds is 5. The van der Waals surface area contributed by atoms with Crippen molar-refractivity contribution in [2.24, 2.45) is 17.6 Å². The molecule has 0 aliphatic heterocycles. The molecule has 27 heavy (non-hydrogen) atoms. The zero-order valence-electron chi connectivity index (χ0n) is 14.9. The van der Waals surface area contributed by atoms with Crippen molar-refractivity contribution in [2.45, 2.75) is 19.3 Å². The van der Waals surface area contributed by atoms with Crippen LogP contribution in [0.3, 0.4) is 0 Å². The van der Waals surface area contributed by atoms with Gasteiger partial charge in [0, 0.05) is 30.9 Å². The highest BCUT2D eigenvalue weighted by Gasteiger charge is 2.29. The molecule has 3 aromatic rings. The monoisotopic (exact) mass is 363 g/mol. The molecule has 138 valence electrons. The van der Waals surface area contributed by atoms with Gasteiger partial charge in [-0.25, -0.2) is 19.3 Å². The Hall–Kier alpha value is -2.95. The summed E-state index contributed by atoms with van der Waals surface area (Å²) in [6, 6.07) is 3.49. The number of hydrogen-bond acceptors (Lipinski definition) is 5. The lowest BCUT2D eigenvalue weighted by Crippen LogP contribution is -2.25. The maximum atomic E-state index is 13.1. The second kappa shape index (κ2) is 7.35. The lowest BCUT2D eigenvalue weighted by molar-refractivity contribution is 0.244. The third-order valence-corrected chi connectivity index (χ3v) is 4.88. The summed E-state index contributed by atoms with van der Waals surface area (Å²) in [5, 5.41) is 10.1. The van der Waals surface area contributed by atoms with Gasteiger partial charge >= 0.3 is 0 Å². The molecule has 0 bridgehead atoms. The van der Waals surface area contributed by atoms with E-state index in [-0.39, 0.29) is 18.0 Å². The first-order valence-electron chi connectivity index (χ1n) is 9.08. The molecule has 1 aliphatic rings. The molecule has 1 fully saturated rings. The summed E-state index contributed by atoms with van der Waals surface area (Å²) in [5.74, 6) is 6.53.